The predicted molar refractivity (Wildman–Crippen MR) is 61.8 cm³/mol. The van der Waals surface area contributed by atoms with E-state index in [4.69, 9.17) is 4.74 Å². The summed E-state index contributed by atoms with van der Waals surface area (Å²) in [4.78, 5) is 31.0. The first-order valence-electron chi connectivity index (χ1n) is 4.84. The van der Waals surface area contributed by atoms with Crippen molar-refractivity contribution in [1.29, 1.82) is 0 Å². The molecule has 0 heterocycles. The van der Waals surface area contributed by atoms with Crippen molar-refractivity contribution >= 4 is 12.3 Å². The number of allylic oxidation sites excluding steroid dienone is 2. The molecule has 0 aromatic carbocycles. The van der Waals surface area contributed by atoms with E-state index in [1.165, 1.54) is 13.2 Å². The number of ether oxygens (including phenoxy) is 2. The molecule has 18 heavy (non-hydrogen) atoms. The lowest BCUT2D eigenvalue weighted by atomic mass is 10.3. The number of methoxy groups -OCH3 is 1. The average molecular weight is 255 g/mol. The SMILES string of the molecule is C=C(OC(C)=O)/C(OC)=C(\C=C/CC=O)[N+](=O)[O-]. The molecule has 0 atom stereocenters. The summed E-state index contributed by atoms with van der Waals surface area (Å²) in [5.41, 5.74) is -0.453. The van der Waals surface area contributed by atoms with Gasteiger partial charge in [0.05, 0.1) is 12.0 Å². The second-order valence-electron chi connectivity index (χ2n) is 3.00. The maximum Gasteiger partial charge on any atom is 0.314 e. The quantitative estimate of drug-likeness (QED) is 0.170. The zero-order valence-corrected chi connectivity index (χ0v) is 10.0. The molecular weight excluding hydrogens is 242 g/mol. The van der Waals surface area contributed by atoms with E-state index in [2.05, 4.69) is 11.3 Å². The van der Waals surface area contributed by atoms with Crippen molar-refractivity contribution in [2.24, 2.45) is 0 Å². The molecule has 98 valence electrons. The molecule has 0 spiro atoms. The fourth-order valence-corrected chi connectivity index (χ4v) is 1.04. The van der Waals surface area contributed by atoms with Crippen LogP contribution in [0.25, 0.3) is 0 Å². The standard InChI is InChI=1S/C11H13NO6/c1-8(18-9(2)14)11(17-3)10(12(15)16)6-4-5-7-13/h4,6-7H,1,5H2,2-3H3/b6-4-,11-10-. The highest BCUT2D eigenvalue weighted by molar-refractivity contribution is 5.68. The molecule has 0 N–H and O–H groups in total. The highest BCUT2D eigenvalue weighted by atomic mass is 16.6. The van der Waals surface area contributed by atoms with Gasteiger partial charge in [-0.3, -0.25) is 14.9 Å². The normalized spacial score (nSPS) is 11.7. The number of carbonyl (C=O) groups is 2. The molecule has 0 aliphatic carbocycles. The van der Waals surface area contributed by atoms with Crippen LogP contribution >= 0.6 is 0 Å². The van der Waals surface area contributed by atoms with Gasteiger partial charge in [0.25, 0.3) is 0 Å². The van der Waals surface area contributed by atoms with E-state index >= 15 is 0 Å². The minimum atomic E-state index is -0.727. The Labute approximate surface area is 104 Å². The molecule has 0 unspecified atom stereocenters. The van der Waals surface area contributed by atoms with Gasteiger partial charge in [0.1, 0.15) is 6.29 Å². The number of hydrogen-bond donors (Lipinski definition) is 0. The van der Waals surface area contributed by atoms with Crippen LogP contribution in [-0.2, 0) is 19.1 Å². The zero-order valence-electron chi connectivity index (χ0n) is 10.0. The van der Waals surface area contributed by atoms with Crippen LogP contribution in [0.3, 0.4) is 0 Å². The van der Waals surface area contributed by atoms with E-state index < -0.39 is 16.6 Å². The van der Waals surface area contributed by atoms with Crippen LogP contribution in [0.4, 0.5) is 0 Å². The zero-order chi connectivity index (χ0) is 14.1. The number of nitro groups is 1. The molecule has 0 aliphatic rings. The van der Waals surface area contributed by atoms with Gasteiger partial charge in [0, 0.05) is 19.4 Å². The summed E-state index contributed by atoms with van der Waals surface area (Å²) in [5, 5.41) is 10.8. The van der Waals surface area contributed by atoms with Crippen LogP contribution in [0.1, 0.15) is 13.3 Å². The Balaban J connectivity index is 5.35. The van der Waals surface area contributed by atoms with Gasteiger partial charge in [-0.15, -0.1) is 0 Å². The first-order valence-corrected chi connectivity index (χ1v) is 4.84. The van der Waals surface area contributed by atoms with Crippen molar-refractivity contribution in [2.45, 2.75) is 13.3 Å². The number of esters is 1. The maximum absolute atomic E-state index is 10.8. The number of aldehydes is 1. The molecular formula is C11H13NO6. The molecule has 0 saturated carbocycles. The molecule has 7 heteroatoms. The van der Waals surface area contributed by atoms with E-state index in [1.54, 1.807) is 0 Å². The number of rotatable bonds is 7. The van der Waals surface area contributed by atoms with Crippen molar-refractivity contribution in [3.63, 3.8) is 0 Å². The summed E-state index contributed by atoms with van der Waals surface area (Å²) < 4.78 is 9.41. The number of hydrogen-bond acceptors (Lipinski definition) is 6. The summed E-state index contributed by atoms with van der Waals surface area (Å²) in [6.45, 7) is 4.50. The second-order valence-corrected chi connectivity index (χ2v) is 3.00. The third-order valence-electron chi connectivity index (χ3n) is 1.66. The van der Waals surface area contributed by atoms with E-state index in [1.807, 2.05) is 0 Å². The van der Waals surface area contributed by atoms with E-state index in [9.17, 15) is 19.7 Å². The van der Waals surface area contributed by atoms with E-state index in [-0.39, 0.29) is 17.9 Å². The van der Waals surface area contributed by atoms with Gasteiger partial charge in [-0.1, -0.05) is 12.7 Å². The Morgan fingerprint density at radius 3 is 2.50 bits per heavy atom. The highest BCUT2D eigenvalue weighted by Gasteiger charge is 2.21. The van der Waals surface area contributed by atoms with Crippen LogP contribution in [0.5, 0.6) is 0 Å². The van der Waals surface area contributed by atoms with Crippen LogP contribution in [-0.4, -0.2) is 24.3 Å². The Hall–Kier alpha value is -2.44. The maximum atomic E-state index is 10.8. The van der Waals surface area contributed by atoms with Gasteiger partial charge >= 0.3 is 11.7 Å². The number of nitrogens with zero attached hydrogens (tertiary/aromatic N) is 1. The summed E-state index contributed by atoms with van der Waals surface area (Å²) >= 11 is 0. The van der Waals surface area contributed by atoms with E-state index in [0.29, 0.717) is 6.29 Å². The Morgan fingerprint density at radius 2 is 2.11 bits per heavy atom. The van der Waals surface area contributed by atoms with Gasteiger partial charge in [0.15, 0.2) is 5.76 Å². The van der Waals surface area contributed by atoms with Crippen LogP contribution in [0, 0.1) is 10.1 Å². The molecule has 0 aromatic heterocycles. The van der Waals surface area contributed by atoms with Gasteiger partial charge in [-0.2, -0.15) is 0 Å². The minimum absolute atomic E-state index is 0.0222. The first-order chi connectivity index (χ1) is 8.43. The summed E-state index contributed by atoms with van der Waals surface area (Å²) in [7, 11) is 1.18. The van der Waals surface area contributed by atoms with Crippen LogP contribution in [0.2, 0.25) is 0 Å². The van der Waals surface area contributed by atoms with Gasteiger partial charge in [-0.25, -0.2) is 0 Å². The fourth-order valence-electron chi connectivity index (χ4n) is 1.04. The molecule has 0 fully saturated rings. The molecule has 0 radical (unpaired) electrons. The highest BCUT2D eigenvalue weighted by Crippen LogP contribution is 2.17. The topological polar surface area (TPSA) is 95.7 Å². The molecule has 0 saturated heterocycles. The Bertz CT molecular complexity index is 421. The van der Waals surface area contributed by atoms with Crippen molar-refractivity contribution in [2.75, 3.05) is 7.11 Å². The largest absolute Gasteiger partial charge is 0.488 e. The molecule has 7 nitrogen and oxygen atoms in total. The molecule has 0 bridgehead atoms. The van der Waals surface area contributed by atoms with Crippen LogP contribution in [0.15, 0.2) is 35.9 Å². The molecule has 0 aromatic rings. The van der Waals surface area contributed by atoms with Gasteiger partial charge < -0.3 is 14.3 Å². The lowest BCUT2D eigenvalue weighted by molar-refractivity contribution is -0.422. The second kappa shape index (κ2) is 7.77. The van der Waals surface area contributed by atoms with Crippen molar-refractivity contribution in [3.05, 3.63) is 46.1 Å². The third kappa shape index (κ3) is 5.06. The third-order valence-corrected chi connectivity index (χ3v) is 1.66. The van der Waals surface area contributed by atoms with Gasteiger partial charge in [0.2, 0.25) is 5.76 Å². The first kappa shape index (κ1) is 15.6. The number of carbonyl (C=O) groups excluding carboxylic acids is 2. The average Bonchev–Trinajstić information content (AvgIpc) is 2.26. The smallest absolute Gasteiger partial charge is 0.314 e. The lowest BCUT2D eigenvalue weighted by Gasteiger charge is -2.08. The summed E-state index contributed by atoms with van der Waals surface area (Å²) in [6.07, 6.45) is 2.98. The molecule has 0 amide bonds. The lowest BCUT2D eigenvalue weighted by Crippen LogP contribution is -2.08. The fraction of sp³-hybridized carbons (Fsp3) is 0.273. The monoisotopic (exact) mass is 255 g/mol. The van der Waals surface area contributed by atoms with Crippen LogP contribution < -0.4 is 0 Å². The summed E-state index contributed by atoms with van der Waals surface area (Å²) in [6, 6.07) is 0. The predicted octanol–water partition coefficient (Wildman–Crippen LogP) is 1.34. The minimum Gasteiger partial charge on any atom is -0.488 e. The van der Waals surface area contributed by atoms with Crippen molar-refractivity contribution < 1.29 is 24.0 Å². The van der Waals surface area contributed by atoms with Crippen molar-refractivity contribution in [3.8, 4) is 0 Å². The van der Waals surface area contributed by atoms with Crippen molar-refractivity contribution in [1.82, 2.24) is 0 Å². The molecule has 0 rings (SSSR count). The van der Waals surface area contributed by atoms with E-state index in [0.717, 1.165) is 13.0 Å². The molecule has 0 aliphatic heterocycles. The Morgan fingerprint density at radius 1 is 1.50 bits per heavy atom. The Kier molecular flexibility index (Phi) is 6.72. The summed E-state index contributed by atoms with van der Waals surface area (Å²) in [5.74, 6) is -1.22. The van der Waals surface area contributed by atoms with Gasteiger partial charge in [-0.05, 0) is 0 Å².